The van der Waals surface area contributed by atoms with E-state index < -0.39 is 11.9 Å². The molecule has 4 rings (SSSR count). The van der Waals surface area contributed by atoms with Crippen LogP contribution in [0.3, 0.4) is 0 Å². The van der Waals surface area contributed by atoms with Crippen molar-refractivity contribution in [1.82, 2.24) is 14.9 Å². The fourth-order valence-electron chi connectivity index (χ4n) is 3.65. The fraction of sp³-hybridized carbons (Fsp3) is 0.500. The topological polar surface area (TPSA) is 39.1 Å². The molecular weight excluding hydrogens is 331 g/mol. The van der Waals surface area contributed by atoms with Crippen molar-refractivity contribution >= 4 is 0 Å². The number of hydrogen-bond donors (Lipinski definition) is 1. The average molecular weight is 351 g/mol. The zero-order valence-corrected chi connectivity index (χ0v) is 14.0. The van der Waals surface area contributed by atoms with Crippen LogP contribution in [0.25, 0.3) is 11.4 Å². The summed E-state index contributed by atoms with van der Waals surface area (Å²) in [7, 11) is 0. The number of nitrogens with zero attached hydrogens (tertiary/aromatic N) is 2. The number of benzene rings is 1. The Hall–Kier alpha value is -1.86. The number of rotatable bonds is 3. The second kappa shape index (κ2) is 5.85. The SMILES string of the molecule is CC(C)n1cc(C(F)(F)F)nc1-c1ccc(C2NC3COC2C3)cc1. The summed E-state index contributed by atoms with van der Waals surface area (Å²) >= 11 is 0. The summed E-state index contributed by atoms with van der Waals surface area (Å²) < 4.78 is 46.3. The summed E-state index contributed by atoms with van der Waals surface area (Å²) in [6.45, 7) is 4.44. The molecule has 3 atom stereocenters. The highest BCUT2D eigenvalue weighted by atomic mass is 19.4. The van der Waals surface area contributed by atoms with Crippen LogP contribution in [0.5, 0.6) is 0 Å². The Balaban J connectivity index is 1.65. The summed E-state index contributed by atoms with van der Waals surface area (Å²) in [6, 6.07) is 8.02. The lowest BCUT2D eigenvalue weighted by molar-refractivity contribution is -0.140. The van der Waals surface area contributed by atoms with Crippen molar-refractivity contribution in [3.8, 4) is 11.4 Å². The van der Waals surface area contributed by atoms with Crippen LogP contribution < -0.4 is 5.32 Å². The third kappa shape index (κ3) is 2.95. The van der Waals surface area contributed by atoms with Gasteiger partial charge in [-0.15, -0.1) is 0 Å². The highest BCUT2D eigenvalue weighted by Crippen LogP contribution is 2.36. The molecule has 1 aromatic carbocycles. The molecule has 3 heterocycles. The number of morpholine rings is 1. The quantitative estimate of drug-likeness (QED) is 0.910. The molecule has 0 amide bonds. The molecule has 134 valence electrons. The highest BCUT2D eigenvalue weighted by molar-refractivity contribution is 5.57. The van der Waals surface area contributed by atoms with Crippen molar-refractivity contribution in [3.05, 3.63) is 41.7 Å². The first-order chi connectivity index (χ1) is 11.8. The summed E-state index contributed by atoms with van der Waals surface area (Å²) in [6.07, 6.45) is -2.16. The van der Waals surface area contributed by atoms with Gasteiger partial charge in [-0.2, -0.15) is 13.2 Å². The van der Waals surface area contributed by atoms with Gasteiger partial charge < -0.3 is 14.6 Å². The molecule has 2 aliphatic rings. The van der Waals surface area contributed by atoms with Crippen LogP contribution in [0.2, 0.25) is 0 Å². The highest BCUT2D eigenvalue weighted by Gasteiger charge is 2.41. The predicted octanol–water partition coefficient (Wildman–Crippen LogP) is 3.95. The van der Waals surface area contributed by atoms with Crippen LogP contribution in [0.4, 0.5) is 13.2 Å². The van der Waals surface area contributed by atoms with Crippen molar-refractivity contribution in [3.63, 3.8) is 0 Å². The van der Waals surface area contributed by atoms with Gasteiger partial charge in [0, 0.05) is 23.8 Å². The molecule has 1 N–H and O–H groups in total. The van der Waals surface area contributed by atoms with E-state index in [9.17, 15) is 13.2 Å². The number of aromatic nitrogens is 2. The predicted molar refractivity (Wildman–Crippen MR) is 87.1 cm³/mol. The van der Waals surface area contributed by atoms with Crippen molar-refractivity contribution in [2.45, 2.75) is 50.7 Å². The van der Waals surface area contributed by atoms with Gasteiger partial charge in [-0.05, 0) is 25.8 Å². The van der Waals surface area contributed by atoms with Crippen LogP contribution in [0.1, 0.15) is 43.6 Å². The van der Waals surface area contributed by atoms with Gasteiger partial charge >= 0.3 is 6.18 Å². The minimum Gasteiger partial charge on any atom is -0.375 e. The van der Waals surface area contributed by atoms with E-state index in [0.717, 1.165) is 24.8 Å². The van der Waals surface area contributed by atoms with E-state index >= 15 is 0 Å². The van der Waals surface area contributed by atoms with Gasteiger partial charge in [0.25, 0.3) is 0 Å². The summed E-state index contributed by atoms with van der Waals surface area (Å²) in [5.41, 5.74) is 0.912. The number of halogens is 3. The lowest BCUT2D eigenvalue weighted by Crippen LogP contribution is -2.34. The maximum absolute atomic E-state index is 13.0. The van der Waals surface area contributed by atoms with E-state index in [4.69, 9.17) is 4.74 Å². The van der Waals surface area contributed by atoms with Gasteiger partial charge in [0.05, 0.1) is 18.8 Å². The van der Waals surface area contributed by atoms with E-state index in [-0.39, 0.29) is 18.2 Å². The standard InChI is InChI=1S/C18H20F3N3O/c1-10(2)24-8-15(18(19,20)21)23-17(24)12-5-3-11(4-6-12)16-14-7-13(22-16)9-25-14/h3-6,8,10,13-14,16,22H,7,9H2,1-2H3. The van der Waals surface area contributed by atoms with Gasteiger partial charge in [-0.1, -0.05) is 24.3 Å². The number of fused-ring (bicyclic) bond motifs is 2. The van der Waals surface area contributed by atoms with Gasteiger partial charge in [-0.3, -0.25) is 0 Å². The minimum atomic E-state index is -4.45. The Morgan fingerprint density at radius 1 is 1.24 bits per heavy atom. The van der Waals surface area contributed by atoms with Gasteiger partial charge in [0.1, 0.15) is 5.82 Å². The lowest BCUT2D eigenvalue weighted by Gasteiger charge is -2.24. The summed E-state index contributed by atoms with van der Waals surface area (Å²) in [5, 5.41) is 3.52. The van der Waals surface area contributed by atoms with Crippen LogP contribution in [-0.2, 0) is 10.9 Å². The fourth-order valence-corrected chi connectivity index (χ4v) is 3.65. The van der Waals surface area contributed by atoms with Crippen molar-refractivity contribution in [2.24, 2.45) is 0 Å². The first kappa shape index (κ1) is 16.6. The van der Waals surface area contributed by atoms with Gasteiger partial charge in [0.2, 0.25) is 0 Å². The summed E-state index contributed by atoms with van der Waals surface area (Å²) in [5.74, 6) is 0.339. The molecule has 1 aromatic heterocycles. The van der Waals surface area contributed by atoms with Gasteiger partial charge in [0.15, 0.2) is 5.69 Å². The Kier molecular flexibility index (Phi) is 3.88. The van der Waals surface area contributed by atoms with E-state index in [1.54, 1.807) is 4.57 Å². The first-order valence-electron chi connectivity index (χ1n) is 8.47. The third-order valence-corrected chi connectivity index (χ3v) is 4.92. The summed E-state index contributed by atoms with van der Waals surface area (Å²) in [4.78, 5) is 3.84. The lowest BCUT2D eigenvalue weighted by atomic mass is 10.0. The maximum Gasteiger partial charge on any atom is 0.434 e. The molecule has 0 aliphatic carbocycles. The second-order valence-electron chi connectivity index (χ2n) is 7.02. The molecule has 3 unspecified atom stereocenters. The molecule has 2 saturated heterocycles. The minimum absolute atomic E-state index is 0.112. The molecule has 0 saturated carbocycles. The van der Waals surface area contributed by atoms with E-state index in [1.165, 1.54) is 0 Å². The largest absolute Gasteiger partial charge is 0.434 e. The molecule has 4 nitrogen and oxygen atoms in total. The normalized spacial score (nSPS) is 25.9. The molecule has 2 bridgehead atoms. The molecule has 7 heteroatoms. The van der Waals surface area contributed by atoms with Crippen molar-refractivity contribution in [1.29, 1.82) is 0 Å². The van der Waals surface area contributed by atoms with Crippen LogP contribution >= 0.6 is 0 Å². The average Bonchev–Trinajstić information content (AvgIpc) is 3.29. The number of imidazole rings is 1. The zero-order chi connectivity index (χ0) is 17.8. The smallest absolute Gasteiger partial charge is 0.375 e. The molecule has 0 spiro atoms. The molecule has 2 aliphatic heterocycles. The second-order valence-corrected chi connectivity index (χ2v) is 7.02. The number of nitrogens with one attached hydrogen (secondary N) is 1. The zero-order valence-electron chi connectivity index (χ0n) is 14.0. The van der Waals surface area contributed by atoms with Crippen molar-refractivity contribution < 1.29 is 17.9 Å². The molecular formula is C18H20F3N3O. The molecule has 25 heavy (non-hydrogen) atoms. The Bertz CT molecular complexity index is 767. The van der Waals surface area contributed by atoms with Crippen LogP contribution in [0, 0.1) is 0 Å². The van der Waals surface area contributed by atoms with Crippen molar-refractivity contribution in [2.75, 3.05) is 6.61 Å². The molecule has 2 aromatic rings. The number of ether oxygens (including phenoxy) is 1. The monoisotopic (exact) mass is 351 g/mol. The van der Waals surface area contributed by atoms with E-state index in [0.29, 0.717) is 17.4 Å². The maximum atomic E-state index is 13.0. The van der Waals surface area contributed by atoms with E-state index in [2.05, 4.69) is 10.3 Å². The first-order valence-corrected chi connectivity index (χ1v) is 8.47. The van der Waals surface area contributed by atoms with Crippen LogP contribution in [-0.4, -0.2) is 28.3 Å². The third-order valence-electron chi connectivity index (χ3n) is 4.92. The Labute approximate surface area is 144 Å². The Morgan fingerprint density at radius 3 is 2.48 bits per heavy atom. The molecule has 0 radical (unpaired) electrons. The van der Waals surface area contributed by atoms with Gasteiger partial charge in [-0.25, -0.2) is 4.98 Å². The Morgan fingerprint density at radius 2 is 1.96 bits per heavy atom. The van der Waals surface area contributed by atoms with E-state index in [1.807, 2.05) is 38.1 Å². The molecule has 2 fully saturated rings. The number of hydrogen-bond acceptors (Lipinski definition) is 3. The van der Waals surface area contributed by atoms with Crippen LogP contribution in [0.15, 0.2) is 30.5 Å². The number of alkyl halides is 3.